The fourth-order valence-corrected chi connectivity index (χ4v) is 3.47. The first-order valence-electron chi connectivity index (χ1n) is 9.17. The molecule has 2 aromatic carbocycles. The molecule has 0 fully saturated rings. The summed E-state index contributed by atoms with van der Waals surface area (Å²) in [6.45, 7) is -1.50. The number of nitrogens with zero attached hydrogens (tertiary/aromatic N) is 3. The Labute approximate surface area is 183 Å². The number of hydrogen-bond donors (Lipinski definition) is 1. The highest BCUT2D eigenvalue weighted by Crippen LogP contribution is 2.28. The molecule has 0 spiro atoms. The van der Waals surface area contributed by atoms with Crippen molar-refractivity contribution < 1.29 is 27.1 Å². The largest absolute Gasteiger partial charge is 0.482 e. The fraction of sp³-hybridized carbons (Fsp3) is 0.0952. The Bertz CT molecular complexity index is 1220. The summed E-state index contributed by atoms with van der Waals surface area (Å²) in [5.74, 6) is -1.18. The summed E-state index contributed by atoms with van der Waals surface area (Å²) in [7, 11) is 0. The van der Waals surface area contributed by atoms with Crippen LogP contribution in [-0.4, -0.2) is 33.5 Å². The number of ether oxygens (including phenoxy) is 1. The van der Waals surface area contributed by atoms with Gasteiger partial charge in [-0.2, -0.15) is 13.2 Å². The van der Waals surface area contributed by atoms with Gasteiger partial charge in [0.15, 0.2) is 12.4 Å². The first-order valence-corrected chi connectivity index (χ1v) is 10.0. The van der Waals surface area contributed by atoms with Crippen LogP contribution in [0.25, 0.3) is 16.4 Å². The number of carbonyl (C=O) groups excluding carboxylic acids is 1. The van der Waals surface area contributed by atoms with Crippen molar-refractivity contribution in [1.82, 2.24) is 14.8 Å². The van der Waals surface area contributed by atoms with Crippen molar-refractivity contribution in [2.75, 3.05) is 11.9 Å². The second-order valence-electron chi connectivity index (χ2n) is 6.48. The number of thiophene rings is 1. The molecule has 164 valence electrons. The summed E-state index contributed by atoms with van der Waals surface area (Å²) in [5, 5.41) is 8.54. The molecule has 0 radical (unpaired) electrons. The highest BCUT2D eigenvalue weighted by molar-refractivity contribution is 7.13. The van der Waals surface area contributed by atoms with Crippen molar-refractivity contribution in [2.45, 2.75) is 6.18 Å². The number of anilines is 1. The molecule has 1 N–H and O–H groups in total. The maximum Gasteiger partial charge on any atom is 0.422 e. The lowest BCUT2D eigenvalue weighted by molar-refractivity contribution is -0.153. The first kappa shape index (κ1) is 21.5. The van der Waals surface area contributed by atoms with Gasteiger partial charge in [-0.05, 0) is 47.8 Å². The number of alkyl halides is 3. The van der Waals surface area contributed by atoms with Gasteiger partial charge in [-0.3, -0.25) is 4.79 Å². The van der Waals surface area contributed by atoms with Gasteiger partial charge in [0.25, 0.3) is 5.91 Å². The summed E-state index contributed by atoms with van der Waals surface area (Å²) < 4.78 is 57.1. The molecular weight excluding hydrogens is 448 g/mol. The standard InChI is InChI=1S/C21H14F4N4O2S/c22-13-7-9-14(10-8-13)29-19(17-6-3-11-32-17)27-18(28-29)20(30)26-15-4-1-2-5-16(15)31-12-21(23,24)25/h1-11H,12H2,(H,26,30). The number of halogens is 4. The van der Waals surface area contributed by atoms with Crippen LogP contribution >= 0.6 is 11.3 Å². The van der Waals surface area contributed by atoms with E-state index in [1.807, 2.05) is 5.38 Å². The normalized spacial score (nSPS) is 11.4. The summed E-state index contributed by atoms with van der Waals surface area (Å²) >= 11 is 1.37. The van der Waals surface area contributed by atoms with Crippen LogP contribution < -0.4 is 10.1 Å². The van der Waals surface area contributed by atoms with Gasteiger partial charge in [-0.1, -0.05) is 18.2 Å². The van der Waals surface area contributed by atoms with Crippen molar-refractivity contribution in [3.63, 3.8) is 0 Å². The Morgan fingerprint density at radius 1 is 1.06 bits per heavy atom. The van der Waals surface area contributed by atoms with Gasteiger partial charge in [0.1, 0.15) is 11.6 Å². The quantitative estimate of drug-likeness (QED) is 0.394. The number of carbonyl (C=O) groups is 1. The summed E-state index contributed by atoms with van der Waals surface area (Å²) in [6, 6.07) is 14.8. The molecule has 0 saturated heterocycles. The van der Waals surface area contributed by atoms with Crippen LogP contribution in [-0.2, 0) is 0 Å². The third-order valence-corrected chi connectivity index (χ3v) is 5.02. The molecule has 2 aromatic heterocycles. The van der Waals surface area contributed by atoms with Gasteiger partial charge >= 0.3 is 6.18 Å². The van der Waals surface area contributed by atoms with E-state index < -0.39 is 24.5 Å². The predicted octanol–water partition coefficient (Wildman–Crippen LogP) is 5.33. The molecule has 0 aliphatic carbocycles. The zero-order valence-corrected chi connectivity index (χ0v) is 17.0. The van der Waals surface area contributed by atoms with Gasteiger partial charge in [0.05, 0.1) is 16.3 Å². The molecule has 32 heavy (non-hydrogen) atoms. The van der Waals surface area contributed by atoms with Crippen molar-refractivity contribution in [3.8, 4) is 22.1 Å². The van der Waals surface area contributed by atoms with Gasteiger partial charge in [0.2, 0.25) is 5.82 Å². The lowest BCUT2D eigenvalue weighted by Crippen LogP contribution is -2.20. The van der Waals surface area contributed by atoms with E-state index in [0.29, 0.717) is 11.5 Å². The Morgan fingerprint density at radius 3 is 2.50 bits per heavy atom. The Kier molecular flexibility index (Phi) is 5.91. The SMILES string of the molecule is O=C(Nc1ccccc1OCC(F)(F)F)c1nc(-c2cccs2)n(-c2ccc(F)cc2)n1. The van der Waals surface area contributed by atoms with Gasteiger partial charge in [0, 0.05) is 0 Å². The van der Waals surface area contributed by atoms with E-state index in [9.17, 15) is 22.4 Å². The van der Waals surface area contributed by atoms with Crippen LogP contribution in [0.2, 0.25) is 0 Å². The number of benzene rings is 2. The van der Waals surface area contributed by atoms with Gasteiger partial charge in [-0.25, -0.2) is 14.1 Å². The molecule has 4 aromatic rings. The van der Waals surface area contributed by atoms with Gasteiger partial charge < -0.3 is 10.1 Å². The molecular formula is C21H14F4N4O2S. The molecule has 0 aliphatic heterocycles. The van der Waals surface area contributed by atoms with E-state index in [1.165, 1.54) is 64.5 Å². The van der Waals surface area contributed by atoms with E-state index in [-0.39, 0.29) is 17.3 Å². The second kappa shape index (κ2) is 8.79. The Balaban J connectivity index is 1.64. The Morgan fingerprint density at radius 2 is 1.81 bits per heavy atom. The molecule has 4 rings (SSSR count). The molecule has 0 unspecified atom stereocenters. The summed E-state index contributed by atoms with van der Waals surface area (Å²) in [6.07, 6.45) is -4.53. The van der Waals surface area contributed by atoms with Crippen molar-refractivity contribution in [2.24, 2.45) is 0 Å². The molecule has 0 bridgehead atoms. The van der Waals surface area contributed by atoms with Gasteiger partial charge in [-0.15, -0.1) is 16.4 Å². The maximum absolute atomic E-state index is 13.3. The van der Waals surface area contributed by atoms with Crippen LogP contribution in [0.4, 0.5) is 23.2 Å². The average molecular weight is 462 g/mol. The molecule has 0 aliphatic rings. The summed E-state index contributed by atoms with van der Waals surface area (Å²) in [5.41, 5.74) is 0.521. The van der Waals surface area contributed by atoms with E-state index in [2.05, 4.69) is 15.4 Å². The van der Waals surface area contributed by atoms with Crippen molar-refractivity contribution >= 4 is 22.9 Å². The minimum Gasteiger partial charge on any atom is -0.482 e. The van der Waals surface area contributed by atoms with Crippen LogP contribution in [0.1, 0.15) is 10.6 Å². The second-order valence-corrected chi connectivity index (χ2v) is 7.43. The van der Waals surface area contributed by atoms with Crippen molar-refractivity contribution in [3.05, 3.63) is 77.7 Å². The monoisotopic (exact) mass is 462 g/mol. The number of aromatic nitrogens is 3. The molecule has 1 amide bonds. The van der Waals surface area contributed by atoms with E-state index >= 15 is 0 Å². The number of amides is 1. The smallest absolute Gasteiger partial charge is 0.422 e. The molecule has 6 nitrogen and oxygen atoms in total. The zero-order valence-electron chi connectivity index (χ0n) is 16.1. The van der Waals surface area contributed by atoms with E-state index in [4.69, 9.17) is 4.74 Å². The average Bonchev–Trinajstić information content (AvgIpc) is 3.43. The van der Waals surface area contributed by atoms with Crippen molar-refractivity contribution in [1.29, 1.82) is 0 Å². The topological polar surface area (TPSA) is 69.0 Å². The first-order chi connectivity index (χ1) is 15.3. The zero-order chi connectivity index (χ0) is 22.7. The number of rotatable bonds is 6. The van der Waals surface area contributed by atoms with Crippen LogP contribution in [0.15, 0.2) is 66.0 Å². The van der Waals surface area contributed by atoms with Crippen LogP contribution in [0.5, 0.6) is 5.75 Å². The van der Waals surface area contributed by atoms with E-state index in [1.54, 1.807) is 12.1 Å². The fourth-order valence-electron chi connectivity index (χ4n) is 2.77. The molecule has 0 atom stereocenters. The predicted molar refractivity (Wildman–Crippen MR) is 111 cm³/mol. The highest BCUT2D eigenvalue weighted by atomic mass is 32.1. The highest BCUT2D eigenvalue weighted by Gasteiger charge is 2.29. The molecule has 11 heteroatoms. The molecule has 0 saturated carbocycles. The van der Waals surface area contributed by atoms with E-state index in [0.717, 1.165) is 4.88 Å². The Hall–Kier alpha value is -3.73. The number of nitrogens with one attached hydrogen (secondary N) is 1. The van der Waals surface area contributed by atoms with Crippen LogP contribution in [0, 0.1) is 5.82 Å². The lowest BCUT2D eigenvalue weighted by Gasteiger charge is -2.13. The van der Waals surface area contributed by atoms with Crippen LogP contribution in [0.3, 0.4) is 0 Å². The third-order valence-electron chi connectivity index (χ3n) is 4.15. The third kappa shape index (κ3) is 4.94. The number of hydrogen-bond acceptors (Lipinski definition) is 5. The minimum absolute atomic E-state index is 0.0394. The number of para-hydroxylation sites is 2. The lowest BCUT2D eigenvalue weighted by atomic mass is 10.3. The summed E-state index contributed by atoms with van der Waals surface area (Å²) in [4.78, 5) is 17.8. The minimum atomic E-state index is -4.53. The maximum atomic E-state index is 13.3. The molecule has 2 heterocycles.